The van der Waals surface area contributed by atoms with Gasteiger partial charge in [-0.2, -0.15) is 5.10 Å². The van der Waals surface area contributed by atoms with E-state index in [0.29, 0.717) is 16.5 Å². The quantitative estimate of drug-likeness (QED) is 0.727. The van der Waals surface area contributed by atoms with Crippen molar-refractivity contribution in [2.45, 2.75) is 0 Å². The zero-order valence-electron chi connectivity index (χ0n) is 12.0. The zero-order chi connectivity index (χ0) is 16.1. The van der Waals surface area contributed by atoms with Gasteiger partial charge in [0.25, 0.3) is 5.91 Å². The number of carbonyl (C=O) groups is 1. The van der Waals surface area contributed by atoms with Crippen molar-refractivity contribution in [2.75, 3.05) is 6.54 Å². The zero-order valence-corrected chi connectivity index (χ0v) is 12.7. The molecule has 5 nitrogen and oxygen atoms in total. The van der Waals surface area contributed by atoms with Crippen LogP contribution in [0.2, 0.25) is 5.02 Å². The van der Waals surface area contributed by atoms with Gasteiger partial charge in [-0.25, -0.2) is 0 Å². The summed E-state index contributed by atoms with van der Waals surface area (Å²) in [5.74, 6) is 6.07. The van der Waals surface area contributed by atoms with E-state index in [4.69, 9.17) is 16.0 Å². The Hall–Kier alpha value is -2.97. The van der Waals surface area contributed by atoms with Gasteiger partial charge in [0.1, 0.15) is 5.69 Å². The van der Waals surface area contributed by atoms with Crippen molar-refractivity contribution in [1.82, 2.24) is 15.5 Å². The predicted octanol–water partition coefficient (Wildman–Crippen LogP) is 3.10. The second kappa shape index (κ2) is 6.86. The van der Waals surface area contributed by atoms with E-state index in [-0.39, 0.29) is 18.1 Å². The molecule has 0 aliphatic heterocycles. The molecule has 3 rings (SSSR count). The Morgan fingerprint density at radius 3 is 2.96 bits per heavy atom. The van der Waals surface area contributed by atoms with Crippen LogP contribution in [0.25, 0.3) is 11.5 Å². The predicted molar refractivity (Wildman–Crippen MR) is 87.0 cm³/mol. The van der Waals surface area contributed by atoms with E-state index in [1.54, 1.807) is 30.5 Å². The Morgan fingerprint density at radius 2 is 2.17 bits per heavy atom. The van der Waals surface area contributed by atoms with Crippen LogP contribution in [-0.4, -0.2) is 22.6 Å². The van der Waals surface area contributed by atoms with Crippen LogP contribution in [0.5, 0.6) is 0 Å². The molecule has 0 bridgehead atoms. The number of aromatic amines is 1. The van der Waals surface area contributed by atoms with Crippen molar-refractivity contribution >= 4 is 17.5 Å². The molecule has 6 heteroatoms. The highest BCUT2D eigenvalue weighted by atomic mass is 35.5. The average Bonchev–Trinajstić information content (AvgIpc) is 3.23. The third-order valence-corrected chi connectivity index (χ3v) is 3.36. The molecule has 2 aromatic heterocycles. The van der Waals surface area contributed by atoms with Crippen LogP contribution in [0.3, 0.4) is 0 Å². The number of rotatable bonds is 3. The number of nitrogens with one attached hydrogen (secondary N) is 2. The largest absolute Gasteiger partial charge is 0.463 e. The summed E-state index contributed by atoms with van der Waals surface area (Å²) in [6.45, 7) is 0.201. The van der Waals surface area contributed by atoms with Gasteiger partial charge in [0.15, 0.2) is 11.5 Å². The van der Waals surface area contributed by atoms with E-state index < -0.39 is 0 Å². The fourth-order valence-corrected chi connectivity index (χ4v) is 2.10. The normalized spacial score (nSPS) is 9.96. The van der Waals surface area contributed by atoms with Crippen molar-refractivity contribution in [2.24, 2.45) is 0 Å². The molecule has 0 spiro atoms. The summed E-state index contributed by atoms with van der Waals surface area (Å²) in [6, 6.07) is 12.4. The van der Waals surface area contributed by atoms with Gasteiger partial charge in [-0.05, 0) is 24.3 Å². The molecule has 0 aliphatic carbocycles. The molecule has 1 amide bonds. The van der Waals surface area contributed by atoms with Gasteiger partial charge in [0, 0.05) is 11.6 Å². The van der Waals surface area contributed by atoms with Crippen molar-refractivity contribution < 1.29 is 9.21 Å². The number of hydrogen-bond donors (Lipinski definition) is 2. The Labute approximate surface area is 137 Å². The van der Waals surface area contributed by atoms with Crippen LogP contribution in [0, 0.1) is 11.8 Å². The first kappa shape index (κ1) is 14.9. The molecule has 2 N–H and O–H groups in total. The van der Waals surface area contributed by atoms with E-state index in [1.165, 1.54) is 0 Å². The number of nitrogens with zero attached hydrogens (tertiary/aromatic N) is 1. The number of carbonyl (C=O) groups excluding carboxylic acids is 1. The molecule has 3 aromatic rings. The molecule has 0 saturated carbocycles. The van der Waals surface area contributed by atoms with Crippen molar-refractivity contribution in [3.63, 3.8) is 0 Å². The maximum absolute atomic E-state index is 12.0. The topological polar surface area (TPSA) is 70.9 Å². The highest BCUT2D eigenvalue weighted by Crippen LogP contribution is 2.17. The van der Waals surface area contributed by atoms with Crippen LogP contribution in [0.4, 0.5) is 0 Å². The molecule has 0 radical (unpaired) electrons. The van der Waals surface area contributed by atoms with Crippen LogP contribution >= 0.6 is 11.6 Å². The number of amides is 1. The Balaban J connectivity index is 1.59. The standard InChI is InChI=1S/C17H12ClN3O2/c18-13-7-2-1-5-12(13)6-3-9-19-17(22)15-11-14(20-21-15)16-8-4-10-23-16/h1-2,4-5,7-8,10-11H,9H2,(H,19,22)(H,20,21). The maximum Gasteiger partial charge on any atom is 0.272 e. The number of halogens is 1. The minimum Gasteiger partial charge on any atom is -0.463 e. The molecule has 2 heterocycles. The molecule has 23 heavy (non-hydrogen) atoms. The summed E-state index contributed by atoms with van der Waals surface area (Å²) >= 11 is 6.00. The van der Waals surface area contributed by atoms with Gasteiger partial charge in [0.2, 0.25) is 0 Å². The summed E-state index contributed by atoms with van der Waals surface area (Å²) in [7, 11) is 0. The fraction of sp³-hybridized carbons (Fsp3) is 0.0588. The highest BCUT2D eigenvalue weighted by molar-refractivity contribution is 6.31. The lowest BCUT2D eigenvalue weighted by Gasteiger charge is -1.96. The number of aromatic nitrogens is 2. The lowest BCUT2D eigenvalue weighted by atomic mass is 10.2. The van der Waals surface area contributed by atoms with E-state index >= 15 is 0 Å². The SMILES string of the molecule is O=C(NCC#Cc1ccccc1Cl)c1cc(-c2ccco2)[nH]n1. The van der Waals surface area contributed by atoms with Crippen LogP contribution in [-0.2, 0) is 0 Å². The van der Waals surface area contributed by atoms with Crippen molar-refractivity contribution in [1.29, 1.82) is 0 Å². The number of furan rings is 1. The second-order valence-electron chi connectivity index (χ2n) is 4.61. The third-order valence-electron chi connectivity index (χ3n) is 3.03. The molecule has 0 unspecified atom stereocenters. The summed E-state index contributed by atoms with van der Waals surface area (Å²) in [5, 5.41) is 9.97. The van der Waals surface area contributed by atoms with Gasteiger partial charge in [-0.3, -0.25) is 9.89 Å². The van der Waals surface area contributed by atoms with Gasteiger partial charge >= 0.3 is 0 Å². The van der Waals surface area contributed by atoms with E-state index in [0.717, 1.165) is 5.56 Å². The number of benzene rings is 1. The van der Waals surface area contributed by atoms with Crippen molar-refractivity contribution in [3.05, 3.63) is 65.0 Å². The minimum atomic E-state index is -0.312. The Kier molecular flexibility index (Phi) is 4.46. The monoisotopic (exact) mass is 325 g/mol. The highest BCUT2D eigenvalue weighted by Gasteiger charge is 2.11. The van der Waals surface area contributed by atoms with Crippen LogP contribution in [0.1, 0.15) is 16.1 Å². The third kappa shape index (κ3) is 3.62. The molecule has 0 fully saturated rings. The number of hydrogen-bond acceptors (Lipinski definition) is 3. The summed E-state index contributed by atoms with van der Waals surface area (Å²) < 4.78 is 5.23. The lowest BCUT2D eigenvalue weighted by molar-refractivity contribution is 0.0953. The maximum atomic E-state index is 12.0. The Bertz CT molecular complexity index is 873. The van der Waals surface area contributed by atoms with Gasteiger partial charge in [-0.1, -0.05) is 35.6 Å². The molecule has 1 aromatic carbocycles. The average molecular weight is 326 g/mol. The lowest BCUT2D eigenvalue weighted by Crippen LogP contribution is -2.23. The summed E-state index contributed by atoms with van der Waals surface area (Å²) in [4.78, 5) is 12.0. The van der Waals surface area contributed by atoms with Crippen molar-refractivity contribution in [3.8, 4) is 23.3 Å². The minimum absolute atomic E-state index is 0.201. The van der Waals surface area contributed by atoms with E-state index in [2.05, 4.69) is 27.4 Å². The first-order chi connectivity index (χ1) is 11.2. The summed E-state index contributed by atoms with van der Waals surface area (Å²) in [6.07, 6.45) is 1.56. The number of H-pyrrole nitrogens is 1. The summed E-state index contributed by atoms with van der Waals surface area (Å²) in [5.41, 5.74) is 1.64. The fourth-order valence-electron chi connectivity index (χ4n) is 1.91. The van der Waals surface area contributed by atoms with E-state index in [9.17, 15) is 4.79 Å². The molecular weight excluding hydrogens is 314 g/mol. The molecule has 114 valence electrons. The van der Waals surface area contributed by atoms with Crippen LogP contribution < -0.4 is 5.32 Å². The Morgan fingerprint density at radius 1 is 1.30 bits per heavy atom. The first-order valence-corrected chi connectivity index (χ1v) is 7.23. The molecule has 0 aliphatic rings. The molecular formula is C17H12ClN3O2. The smallest absolute Gasteiger partial charge is 0.272 e. The van der Waals surface area contributed by atoms with Crippen LogP contribution in [0.15, 0.2) is 53.1 Å². The van der Waals surface area contributed by atoms with E-state index in [1.807, 2.05) is 18.2 Å². The second-order valence-corrected chi connectivity index (χ2v) is 5.02. The van der Waals surface area contributed by atoms with Gasteiger partial charge < -0.3 is 9.73 Å². The molecule has 0 saturated heterocycles. The molecule has 0 atom stereocenters. The first-order valence-electron chi connectivity index (χ1n) is 6.85. The van der Waals surface area contributed by atoms with Gasteiger partial charge in [-0.15, -0.1) is 0 Å². The van der Waals surface area contributed by atoms with Gasteiger partial charge in [0.05, 0.1) is 17.8 Å².